The van der Waals surface area contributed by atoms with Crippen LogP contribution in [0.25, 0.3) is 27.9 Å². The van der Waals surface area contributed by atoms with Crippen molar-refractivity contribution < 1.29 is 0 Å². The van der Waals surface area contributed by atoms with E-state index in [4.69, 9.17) is 0 Å². The van der Waals surface area contributed by atoms with E-state index in [1.165, 1.54) is 78.7 Å². The second-order valence-corrected chi connectivity index (χ2v) is 11.6. The molecule has 2 aromatic carbocycles. The van der Waals surface area contributed by atoms with Crippen LogP contribution in [0.15, 0.2) is 71.3 Å². The van der Waals surface area contributed by atoms with Gasteiger partial charge >= 0.3 is 0 Å². The van der Waals surface area contributed by atoms with Gasteiger partial charge in [0.05, 0.1) is 0 Å². The Bertz CT molecular complexity index is 1430. The average Bonchev–Trinajstić information content (AvgIpc) is 3.22. The Labute approximate surface area is 228 Å². The zero-order valence-corrected chi connectivity index (χ0v) is 23.4. The van der Waals surface area contributed by atoms with Crippen LogP contribution in [0.3, 0.4) is 0 Å². The molecule has 0 unspecified atom stereocenters. The highest BCUT2D eigenvalue weighted by Crippen LogP contribution is 2.39. The van der Waals surface area contributed by atoms with Crippen molar-refractivity contribution in [3.8, 4) is 12.1 Å². The first-order chi connectivity index (χ1) is 18.5. The summed E-state index contributed by atoms with van der Waals surface area (Å²) in [4.78, 5) is 0. The topological polar surface area (TPSA) is 52.5 Å². The van der Waals surface area contributed by atoms with E-state index in [0.717, 1.165) is 30.5 Å². The largest absolute Gasteiger partial charge is 0.340 e. The van der Waals surface area contributed by atoms with Crippen LogP contribution in [0.1, 0.15) is 90.5 Å². The average molecular weight is 504 g/mol. The van der Waals surface area contributed by atoms with E-state index in [-0.39, 0.29) is 11.0 Å². The molecule has 3 nitrogen and oxygen atoms in total. The lowest BCUT2D eigenvalue weighted by Crippen LogP contribution is -2.17. The second kappa shape index (κ2) is 12.8. The van der Waals surface area contributed by atoms with Gasteiger partial charge in [-0.05, 0) is 59.6 Å². The van der Waals surface area contributed by atoms with Crippen LogP contribution in [0.2, 0.25) is 0 Å². The number of aromatic nitrogens is 1. The van der Waals surface area contributed by atoms with Gasteiger partial charge in [-0.2, -0.15) is 10.5 Å². The normalized spacial score (nSPS) is 15.1. The molecule has 3 aromatic rings. The number of nitrogens with zero attached hydrogens (tertiary/aromatic N) is 3. The monoisotopic (exact) mass is 503 g/mol. The summed E-state index contributed by atoms with van der Waals surface area (Å²) >= 11 is 0. The minimum absolute atomic E-state index is 0.0234. The first-order valence-electron chi connectivity index (χ1n) is 14.4. The summed E-state index contributed by atoms with van der Waals surface area (Å²) in [5.74, 6) is 0. The minimum atomic E-state index is 0.0234. The molecule has 0 bridgehead atoms. The zero-order chi connectivity index (χ0) is 27.0. The molecule has 0 fully saturated rings. The molecule has 0 atom stereocenters. The standard InChI is InChI=1S/C35H41N3/c1-4-5-6-7-8-9-10-13-20-38-33-15-12-11-14-31(33)32-22-27(18-19-34(32)38)16-17-28-21-29(30(25-36)26-37)24-35(2,3)23-28/h11-12,14-19,21-22H,4-10,13,20,23-24H2,1-3H3. The van der Waals surface area contributed by atoms with Crippen molar-refractivity contribution in [3.05, 3.63) is 76.9 Å². The Hall–Kier alpha value is -3.56. The molecule has 0 saturated carbocycles. The maximum absolute atomic E-state index is 9.37. The summed E-state index contributed by atoms with van der Waals surface area (Å²) in [6.07, 6.45) is 18.7. The van der Waals surface area contributed by atoms with Crippen LogP contribution in [0.4, 0.5) is 0 Å². The summed E-state index contributed by atoms with van der Waals surface area (Å²) in [7, 11) is 0. The molecule has 0 aliphatic heterocycles. The number of fused-ring (bicyclic) bond motifs is 3. The third-order valence-electron chi connectivity index (χ3n) is 7.78. The first-order valence-corrected chi connectivity index (χ1v) is 14.4. The SMILES string of the molecule is CCCCCCCCCCn1c2ccccc2c2cc(C=CC3=CC(=C(C#N)C#N)CC(C)(C)C3)ccc21. The van der Waals surface area contributed by atoms with Crippen molar-refractivity contribution in [2.75, 3.05) is 0 Å². The maximum Gasteiger partial charge on any atom is 0.132 e. The molecule has 1 heterocycles. The third kappa shape index (κ3) is 6.65. The van der Waals surface area contributed by atoms with Gasteiger partial charge < -0.3 is 4.57 Å². The van der Waals surface area contributed by atoms with Crippen molar-refractivity contribution in [2.24, 2.45) is 5.41 Å². The van der Waals surface area contributed by atoms with Gasteiger partial charge in [-0.1, -0.05) is 108 Å². The molecule has 3 heteroatoms. The van der Waals surface area contributed by atoms with E-state index in [2.05, 4.69) is 92.1 Å². The van der Waals surface area contributed by atoms with Gasteiger partial charge in [0.15, 0.2) is 0 Å². The fourth-order valence-corrected chi connectivity index (χ4v) is 5.92. The molecule has 0 saturated heterocycles. The van der Waals surface area contributed by atoms with E-state index >= 15 is 0 Å². The van der Waals surface area contributed by atoms with E-state index in [1.807, 2.05) is 6.08 Å². The highest BCUT2D eigenvalue weighted by atomic mass is 15.0. The predicted octanol–water partition coefficient (Wildman–Crippen LogP) is 10.0. The third-order valence-corrected chi connectivity index (χ3v) is 7.78. The molecule has 0 spiro atoms. The van der Waals surface area contributed by atoms with Gasteiger partial charge in [-0.15, -0.1) is 0 Å². The van der Waals surface area contributed by atoms with Crippen LogP contribution in [0.5, 0.6) is 0 Å². The lowest BCUT2D eigenvalue weighted by molar-refractivity contribution is 0.354. The van der Waals surface area contributed by atoms with Crippen LogP contribution in [-0.4, -0.2) is 4.57 Å². The molecule has 4 rings (SSSR count). The Morgan fingerprint density at radius 1 is 0.842 bits per heavy atom. The number of rotatable bonds is 11. The van der Waals surface area contributed by atoms with Gasteiger partial charge in [0.1, 0.15) is 17.7 Å². The molecule has 1 aromatic heterocycles. The fourth-order valence-electron chi connectivity index (χ4n) is 5.92. The summed E-state index contributed by atoms with van der Waals surface area (Å²) in [5, 5.41) is 21.4. The number of allylic oxidation sites excluding steroid dienone is 5. The number of benzene rings is 2. The van der Waals surface area contributed by atoms with Crippen molar-refractivity contribution in [1.29, 1.82) is 10.5 Å². The minimum Gasteiger partial charge on any atom is -0.340 e. The molecule has 0 amide bonds. The van der Waals surface area contributed by atoms with Crippen LogP contribution < -0.4 is 0 Å². The molecular formula is C35H41N3. The number of hydrogen-bond donors (Lipinski definition) is 0. The Morgan fingerprint density at radius 2 is 1.53 bits per heavy atom. The van der Waals surface area contributed by atoms with Gasteiger partial charge in [0, 0.05) is 28.4 Å². The van der Waals surface area contributed by atoms with Crippen LogP contribution >= 0.6 is 0 Å². The first kappa shape index (κ1) is 27.5. The number of unbranched alkanes of at least 4 members (excludes halogenated alkanes) is 7. The van der Waals surface area contributed by atoms with Crippen molar-refractivity contribution in [2.45, 2.75) is 91.5 Å². The molecule has 1 aliphatic carbocycles. The predicted molar refractivity (Wildman–Crippen MR) is 160 cm³/mol. The highest BCUT2D eigenvalue weighted by molar-refractivity contribution is 6.08. The van der Waals surface area contributed by atoms with Gasteiger partial charge in [-0.3, -0.25) is 0 Å². The maximum atomic E-state index is 9.37. The molecule has 1 aliphatic rings. The Kier molecular flexibility index (Phi) is 9.25. The zero-order valence-electron chi connectivity index (χ0n) is 23.4. The lowest BCUT2D eigenvalue weighted by Gasteiger charge is -2.30. The molecule has 38 heavy (non-hydrogen) atoms. The van der Waals surface area contributed by atoms with E-state index in [0.29, 0.717) is 0 Å². The summed E-state index contributed by atoms with van der Waals surface area (Å²) in [6, 6.07) is 19.7. The highest BCUT2D eigenvalue weighted by Gasteiger charge is 2.26. The van der Waals surface area contributed by atoms with Crippen LogP contribution in [0, 0.1) is 28.1 Å². The molecule has 0 radical (unpaired) electrons. The smallest absolute Gasteiger partial charge is 0.132 e. The van der Waals surface area contributed by atoms with Crippen molar-refractivity contribution in [1.82, 2.24) is 4.57 Å². The second-order valence-electron chi connectivity index (χ2n) is 11.6. The molecule has 0 N–H and O–H groups in total. The summed E-state index contributed by atoms with van der Waals surface area (Å²) < 4.78 is 2.50. The van der Waals surface area contributed by atoms with Crippen molar-refractivity contribution >= 4 is 27.9 Å². The van der Waals surface area contributed by atoms with E-state index in [9.17, 15) is 10.5 Å². The quantitative estimate of drug-likeness (QED) is 0.193. The van der Waals surface area contributed by atoms with E-state index in [1.54, 1.807) is 0 Å². The van der Waals surface area contributed by atoms with Crippen LogP contribution in [-0.2, 0) is 6.54 Å². The summed E-state index contributed by atoms with van der Waals surface area (Å²) in [5.41, 5.74) is 6.07. The summed E-state index contributed by atoms with van der Waals surface area (Å²) in [6.45, 7) is 7.74. The van der Waals surface area contributed by atoms with Gasteiger partial charge in [0.25, 0.3) is 0 Å². The van der Waals surface area contributed by atoms with Crippen molar-refractivity contribution in [3.63, 3.8) is 0 Å². The Morgan fingerprint density at radius 3 is 2.26 bits per heavy atom. The molecule has 196 valence electrons. The van der Waals surface area contributed by atoms with E-state index < -0.39 is 0 Å². The number of para-hydroxylation sites is 1. The number of hydrogen-bond acceptors (Lipinski definition) is 2. The lowest BCUT2D eigenvalue weighted by atomic mass is 9.74. The molecular weight excluding hydrogens is 462 g/mol. The van der Waals surface area contributed by atoms with Gasteiger partial charge in [-0.25, -0.2) is 0 Å². The number of aryl methyl sites for hydroxylation is 1. The van der Waals surface area contributed by atoms with Gasteiger partial charge in [0.2, 0.25) is 0 Å². The fraction of sp³-hybridized carbons (Fsp3) is 0.429. The Balaban J connectivity index is 1.54. The number of nitriles is 2.